The van der Waals surface area contributed by atoms with Gasteiger partial charge >= 0.3 is 0 Å². The number of aromatic amines is 1. The summed E-state index contributed by atoms with van der Waals surface area (Å²) in [5, 5.41) is 7.12. The van der Waals surface area contributed by atoms with Crippen LogP contribution in [0.3, 0.4) is 0 Å². The first-order chi connectivity index (χ1) is 8.01. The number of rotatable bonds is 3. The fourth-order valence-electron chi connectivity index (χ4n) is 2.41. The highest BCUT2D eigenvalue weighted by atomic mass is 35.5. The van der Waals surface area contributed by atoms with E-state index in [1.807, 2.05) is 0 Å². The molecule has 0 radical (unpaired) electrons. The molecule has 4 nitrogen and oxygen atoms in total. The van der Waals surface area contributed by atoms with Crippen molar-refractivity contribution in [3.63, 3.8) is 0 Å². The molecule has 1 aromatic rings. The van der Waals surface area contributed by atoms with Gasteiger partial charge in [0.25, 0.3) is 0 Å². The highest BCUT2D eigenvalue weighted by Gasteiger charge is 2.42. The van der Waals surface area contributed by atoms with E-state index in [2.05, 4.69) is 29.0 Å². The zero-order valence-corrected chi connectivity index (χ0v) is 11.5. The molecular weight excluding hydrogens is 238 g/mol. The van der Waals surface area contributed by atoms with E-state index in [9.17, 15) is 0 Å². The summed E-state index contributed by atoms with van der Waals surface area (Å²) in [5.41, 5.74) is 0.0734. The van der Waals surface area contributed by atoms with E-state index in [0.717, 1.165) is 31.5 Å². The number of hydrogen-bond donors (Lipinski definition) is 1. The Morgan fingerprint density at radius 2 is 1.94 bits per heavy atom. The van der Waals surface area contributed by atoms with Gasteiger partial charge in [0.05, 0.1) is 5.88 Å². The van der Waals surface area contributed by atoms with Gasteiger partial charge in [0, 0.05) is 7.11 Å². The van der Waals surface area contributed by atoms with Crippen LogP contribution >= 0.6 is 11.6 Å². The average molecular weight is 258 g/mol. The number of alkyl halides is 1. The summed E-state index contributed by atoms with van der Waals surface area (Å²) in [7, 11) is 1.75. The molecule has 0 aromatic carbocycles. The number of nitrogens with one attached hydrogen (secondary N) is 1. The molecule has 1 saturated carbocycles. The van der Waals surface area contributed by atoms with Gasteiger partial charge in [0.2, 0.25) is 0 Å². The number of hydrogen-bond acceptors (Lipinski definition) is 3. The van der Waals surface area contributed by atoms with Gasteiger partial charge in [0.1, 0.15) is 11.4 Å². The first kappa shape index (κ1) is 12.8. The SMILES string of the molecule is COC1(c2n[nH]c(CCl)n2)CCC(C)(C)CC1. The van der Waals surface area contributed by atoms with Crippen LogP contribution in [0.25, 0.3) is 0 Å². The molecule has 1 aliphatic carbocycles. The molecule has 1 N–H and O–H groups in total. The van der Waals surface area contributed by atoms with Crippen molar-refractivity contribution in [3.05, 3.63) is 11.6 Å². The molecule has 1 aliphatic rings. The van der Waals surface area contributed by atoms with Crippen molar-refractivity contribution in [2.24, 2.45) is 5.41 Å². The Bertz CT molecular complexity index is 379. The minimum Gasteiger partial charge on any atom is -0.370 e. The number of nitrogens with zero attached hydrogens (tertiary/aromatic N) is 2. The smallest absolute Gasteiger partial charge is 0.182 e. The maximum absolute atomic E-state index is 5.74. The van der Waals surface area contributed by atoms with Crippen molar-refractivity contribution in [1.82, 2.24) is 15.2 Å². The van der Waals surface area contributed by atoms with Crippen molar-refractivity contribution in [2.75, 3.05) is 7.11 Å². The fraction of sp³-hybridized carbons (Fsp3) is 0.833. The molecular formula is C12H20ClN3O. The van der Waals surface area contributed by atoms with E-state index in [1.54, 1.807) is 7.11 Å². The van der Waals surface area contributed by atoms with Gasteiger partial charge in [0.15, 0.2) is 5.82 Å². The number of halogens is 1. The standard InChI is InChI=1S/C12H20ClN3O/c1-11(2)4-6-12(17-3,7-5-11)10-14-9(8-13)15-16-10/h4-8H2,1-3H3,(H,14,15,16). The highest BCUT2D eigenvalue weighted by molar-refractivity contribution is 6.16. The van der Waals surface area contributed by atoms with Crippen LogP contribution in [0.15, 0.2) is 0 Å². The topological polar surface area (TPSA) is 50.8 Å². The van der Waals surface area contributed by atoms with Crippen LogP contribution in [0.5, 0.6) is 0 Å². The normalized spacial score (nSPS) is 22.6. The zero-order valence-electron chi connectivity index (χ0n) is 10.7. The lowest BCUT2D eigenvalue weighted by Crippen LogP contribution is -2.37. The number of ether oxygens (including phenoxy) is 1. The molecule has 0 atom stereocenters. The van der Waals surface area contributed by atoms with Gasteiger partial charge in [-0.1, -0.05) is 13.8 Å². The minimum absolute atomic E-state index is 0.323. The van der Waals surface area contributed by atoms with E-state index < -0.39 is 0 Å². The Morgan fingerprint density at radius 3 is 2.41 bits per heavy atom. The van der Waals surface area contributed by atoms with Crippen molar-refractivity contribution < 1.29 is 4.74 Å². The van der Waals surface area contributed by atoms with E-state index >= 15 is 0 Å². The minimum atomic E-state index is -0.323. The van der Waals surface area contributed by atoms with Gasteiger partial charge < -0.3 is 4.74 Å². The summed E-state index contributed by atoms with van der Waals surface area (Å²) in [4.78, 5) is 4.42. The maximum atomic E-state index is 5.74. The third-order valence-electron chi connectivity index (χ3n) is 3.87. The van der Waals surface area contributed by atoms with Gasteiger partial charge in [-0.3, -0.25) is 5.10 Å². The summed E-state index contributed by atoms with van der Waals surface area (Å²) in [6.07, 6.45) is 4.20. The van der Waals surface area contributed by atoms with Gasteiger partial charge in [-0.25, -0.2) is 4.98 Å². The van der Waals surface area contributed by atoms with Crippen molar-refractivity contribution in [1.29, 1.82) is 0 Å². The Kier molecular flexibility index (Phi) is 3.46. The van der Waals surface area contributed by atoms with E-state index in [1.165, 1.54) is 0 Å². The summed E-state index contributed by atoms with van der Waals surface area (Å²) in [5.74, 6) is 1.83. The molecule has 0 unspecified atom stereocenters. The third kappa shape index (κ3) is 2.47. The molecule has 0 amide bonds. The fourth-order valence-corrected chi connectivity index (χ4v) is 2.53. The van der Waals surface area contributed by atoms with E-state index in [0.29, 0.717) is 17.1 Å². The molecule has 96 valence electrons. The second-order valence-corrected chi connectivity index (χ2v) is 5.87. The molecule has 1 heterocycles. The molecule has 1 fully saturated rings. The predicted molar refractivity (Wildman–Crippen MR) is 66.9 cm³/mol. The maximum Gasteiger partial charge on any atom is 0.182 e. The molecule has 2 rings (SSSR count). The third-order valence-corrected chi connectivity index (χ3v) is 4.12. The number of H-pyrrole nitrogens is 1. The van der Waals surface area contributed by atoms with Crippen molar-refractivity contribution in [3.8, 4) is 0 Å². The van der Waals surface area contributed by atoms with Crippen molar-refractivity contribution >= 4 is 11.6 Å². The number of methoxy groups -OCH3 is 1. The summed E-state index contributed by atoms with van der Waals surface area (Å²) < 4.78 is 5.73. The Hall–Kier alpha value is -0.610. The van der Waals surface area contributed by atoms with Gasteiger partial charge in [-0.2, -0.15) is 5.10 Å². The quantitative estimate of drug-likeness (QED) is 0.847. The van der Waals surface area contributed by atoms with Gasteiger partial charge in [-0.05, 0) is 31.1 Å². The lowest BCUT2D eigenvalue weighted by atomic mass is 9.70. The molecule has 0 aliphatic heterocycles. The molecule has 0 saturated heterocycles. The Balaban J connectivity index is 2.21. The largest absolute Gasteiger partial charge is 0.370 e. The molecule has 5 heteroatoms. The first-order valence-corrected chi connectivity index (χ1v) is 6.58. The Morgan fingerprint density at radius 1 is 1.29 bits per heavy atom. The van der Waals surface area contributed by atoms with Crippen LogP contribution in [0.2, 0.25) is 0 Å². The molecule has 1 aromatic heterocycles. The molecule has 0 bridgehead atoms. The highest BCUT2D eigenvalue weighted by Crippen LogP contribution is 2.45. The van der Waals surface area contributed by atoms with Crippen LogP contribution in [-0.4, -0.2) is 22.3 Å². The van der Waals surface area contributed by atoms with Crippen LogP contribution in [0, 0.1) is 5.41 Å². The van der Waals surface area contributed by atoms with Crippen LogP contribution in [-0.2, 0) is 16.2 Å². The van der Waals surface area contributed by atoms with E-state index in [4.69, 9.17) is 16.3 Å². The Labute approximate surface area is 107 Å². The zero-order chi connectivity index (χ0) is 12.5. The predicted octanol–water partition coefficient (Wildman–Crippen LogP) is 2.99. The monoisotopic (exact) mass is 257 g/mol. The van der Waals surface area contributed by atoms with Crippen LogP contribution in [0.4, 0.5) is 0 Å². The number of aromatic nitrogens is 3. The second kappa shape index (κ2) is 4.58. The first-order valence-electron chi connectivity index (χ1n) is 6.04. The van der Waals surface area contributed by atoms with Crippen LogP contribution < -0.4 is 0 Å². The van der Waals surface area contributed by atoms with Crippen molar-refractivity contribution in [2.45, 2.75) is 51.0 Å². The van der Waals surface area contributed by atoms with Crippen LogP contribution in [0.1, 0.15) is 51.2 Å². The summed E-state index contributed by atoms with van der Waals surface area (Å²) >= 11 is 5.74. The second-order valence-electron chi connectivity index (χ2n) is 5.60. The lowest BCUT2D eigenvalue weighted by Gasteiger charge is -2.40. The molecule has 17 heavy (non-hydrogen) atoms. The average Bonchev–Trinajstić information content (AvgIpc) is 2.79. The lowest BCUT2D eigenvalue weighted by molar-refractivity contribution is -0.0727. The summed E-state index contributed by atoms with van der Waals surface area (Å²) in [6, 6.07) is 0. The van der Waals surface area contributed by atoms with Gasteiger partial charge in [-0.15, -0.1) is 11.6 Å². The van der Waals surface area contributed by atoms with E-state index in [-0.39, 0.29) is 5.60 Å². The molecule has 0 spiro atoms. The summed E-state index contributed by atoms with van der Waals surface area (Å²) in [6.45, 7) is 4.60.